The summed E-state index contributed by atoms with van der Waals surface area (Å²) in [5.74, 6) is 0.566. The van der Waals surface area contributed by atoms with Gasteiger partial charge in [0.25, 0.3) is 0 Å². The summed E-state index contributed by atoms with van der Waals surface area (Å²) in [6, 6.07) is 17.6. The molecular weight excluding hydrogens is 230 g/mol. The van der Waals surface area contributed by atoms with Crippen LogP contribution in [0.1, 0.15) is 34.7 Å². The average Bonchev–Trinajstić information content (AvgIpc) is 2.46. The molecule has 2 aromatic carbocycles. The van der Waals surface area contributed by atoms with E-state index in [0.29, 0.717) is 5.92 Å². The van der Waals surface area contributed by atoms with Gasteiger partial charge < -0.3 is 5.73 Å². The second kappa shape index (κ2) is 5.18. The third-order valence-corrected chi connectivity index (χ3v) is 4.32. The summed E-state index contributed by atoms with van der Waals surface area (Å²) in [6.45, 7) is 2.13. The summed E-state index contributed by atoms with van der Waals surface area (Å²) in [4.78, 5) is 0. The summed E-state index contributed by atoms with van der Waals surface area (Å²) < 4.78 is 0. The summed E-state index contributed by atoms with van der Waals surface area (Å²) >= 11 is 0. The smallest absolute Gasteiger partial charge is 0.0326 e. The zero-order chi connectivity index (χ0) is 13.2. The fraction of sp³-hybridized carbons (Fsp3) is 0.333. The molecule has 1 aliphatic carbocycles. The lowest BCUT2D eigenvalue weighted by molar-refractivity contribution is 0.382. The molecule has 2 unspecified atom stereocenters. The minimum absolute atomic E-state index is 0.160. The van der Waals surface area contributed by atoms with Gasteiger partial charge in [0.2, 0.25) is 0 Å². The average molecular weight is 251 g/mol. The highest BCUT2D eigenvalue weighted by Gasteiger charge is 2.24. The molecule has 0 bridgehead atoms. The quantitative estimate of drug-likeness (QED) is 0.863. The number of benzene rings is 2. The van der Waals surface area contributed by atoms with E-state index >= 15 is 0 Å². The largest absolute Gasteiger partial charge is 0.324 e. The maximum Gasteiger partial charge on any atom is 0.0326 e. The zero-order valence-electron chi connectivity index (χ0n) is 11.5. The van der Waals surface area contributed by atoms with Crippen LogP contribution >= 0.6 is 0 Å². The highest BCUT2D eigenvalue weighted by Crippen LogP contribution is 2.32. The first-order chi connectivity index (χ1) is 9.24. The maximum absolute atomic E-state index is 6.50. The van der Waals surface area contributed by atoms with Crippen LogP contribution < -0.4 is 5.73 Å². The van der Waals surface area contributed by atoms with E-state index in [4.69, 9.17) is 5.73 Å². The van der Waals surface area contributed by atoms with Crippen LogP contribution in [-0.4, -0.2) is 0 Å². The molecule has 2 atom stereocenters. The van der Waals surface area contributed by atoms with E-state index in [1.807, 2.05) is 0 Å². The maximum atomic E-state index is 6.50. The summed E-state index contributed by atoms with van der Waals surface area (Å²) in [6.07, 6.45) is 3.48. The molecule has 0 aliphatic heterocycles. The Morgan fingerprint density at radius 3 is 2.63 bits per heavy atom. The zero-order valence-corrected chi connectivity index (χ0v) is 11.5. The lowest BCUT2D eigenvalue weighted by Crippen LogP contribution is -2.27. The van der Waals surface area contributed by atoms with Crippen LogP contribution in [-0.2, 0) is 12.8 Å². The molecular formula is C18H21N. The number of hydrogen-bond donors (Lipinski definition) is 1. The van der Waals surface area contributed by atoms with Gasteiger partial charge in [-0.05, 0) is 48.8 Å². The molecule has 98 valence electrons. The Balaban J connectivity index is 1.81. The van der Waals surface area contributed by atoms with Crippen LogP contribution in [0.3, 0.4) is 0 Å². The Kier molecular flexibility index (Phi) is 3.39. The summed E-state index contributed by atoms with van der Waals surface area (Å²) in [7, 11) is 0. The molecule has 2 aromatic rings. The molecule has 3 rings (SSSR count). The molecule has 0 saturated carbocycles. The van der Waals surface area contributed by atoms with Crippen LogP contribution in [0.15, 0.2) is 48.5 Å². The van der Waals surface area contributed by atoms with Gasteiger partial charge in [0, 0.05) is 6.04 Å². The van der Waals surface area contributed by atoms with Crippen molar-refractivity contribution < 1.29 is 0 Å². The highest BCUT2D eigenvalue weighted by molar-refractivity contribution is 5.32. The van der Waals surface area contributed by atoms with Crippen molar-refractivity contribution >= 4 is 0 Å². The molecule has 1 aliphatic rings. The minimum Gasteiger partial charge on any atom is -0.324 e. The summed E-state index contributed by atoms with van der Waals surface area (Å²) in [5.41, 5.74) is 12.1. The van der Waals surface area contributed by atoms with E-state index in [1.54, 1.807) is 0 Å². The van der Waals surface area contributed by atoms with Crippen LogP contribution in [0.2, 0.25) is 0 Å². The van der Waals surface area contributed by atoms with E-state index < -0.39 is 0 Å². The van der Waals surface area contributed by atoms with Gasteiger partial charge in [-0.15, -0.1) is 0 Å². The van der Waals surface area contributed by atoms with Crippen molar-refractivity contribution in [3.05, 3.63) is 70.8 Å². The monoisotopic (exact) mass is 251 g/mol. The second-order valence-corrected chi connectivity index (χ2v) is 5.71. The van der Waals surface area contributed by atoms with Gasteiger partial charge in [0.05, 0.1) is 0 Å². The topological polar surface area (TPSA) is 26.0 Å². The molecule has 1 heteroatoms. The van der Waals surface area contributed by atoms with Crippen LogP contribution in [0, 0.1) is 12.8 Å². The van der Waals surface area contributed by atoms with E-state index in [1.165, 1.54) is 35.1 Å². The fourth-order valence-electron chi connectivity index (χ4n) is 3.18. The van der Waals surface area contributed by atoms with Crippen molar-refractivity contribution in [2.75, 3.05) is 0 Å². The normalized spacial score (nSPS) is 19.8. The lowest BCUT2D eigenvalue weighted by atomic mass is 9.78. The summed E-state index contributed by atoms with van der Waals surface area (Å²) in [5, 5.41) is 0. The van der Waals surface area contributed by atoms with E-state index in [0.717, 1.165) is 6.42 Å². The molecule has 0 fully saturated rings. The number of aryl methyl sites for hydroxylation is 2. The molecule has 0 amide bonds. The van der Waals surface area contributed by atoms with Gasteiger partial charge in [0.15, 0.2) is 0 Å². The molecule has 2 N–H and O–H groups in total. The van der Waals surface area contributed by atoms with Crippen molar-refractivity contribution in [2.24, 2.45) is 11.7 Å². The van der Waals surface area contributed by atoms with Crippen molar-refractivity contribution in [1.29, 1.82) is 0 Å². The van der Waals surface area contributed by atoms with Crippen LogP contribution in [0.25, 0.3) is 0 Å². The van der Waals surface area contributed by atoms with Crippen molar-refractivity contribution in [2.45, 2.75) is 32.2 Å². The predicted molar refractivity (Wildman–Crippen MR) is 80.1 cm³/mol. The number of nitrogens with two attached hydrogens (primary N) is 1. The Bertz CT molecular complexity index is 573. The van der Waals surface area contributed by atoms with E-state index in [2.05, 4.69) is 55.5 Å². The number of fused-ring (bicyclic) bond motifs is 1. The van der Waals surface area contributed by atoms with Crippen LogP contribution in [0.5, 0.6) is 0 Å². The predicted octanol–water partition coefficient (Wildman–Crippen LogP) is 3.80. The molecule has 0 aromatic heterocycles. The van der Waals surface area contributed by atoms with Gasteiger partial charge in [-0.1, -0.05) is 54.1 Å². The number of rotatable bonds is 2. The SMILES string of the molecule is Cc1cccc(C(N)C2CCc3ccccc3C2)c1. The Hall–Kier alpha value is -1.60. The van der Waals surface area contributed by atoms with Gasteiger partial charge in [-0.25, -0.2) is 0 Å². The van der Waals surface area contributed by atoms with Crippen molar-refractivity contribution in [1.82, 2.24) is 0 Å². The van der Waals surface area contributed by atoms with Crippen molar-refractivity contribution in [3.63, 3.8) is 0 Å². The third-order valence-electron chi connectivity index (χ3n) is 4.32. The van der Waals surface area contributed by atoms with Gasteiger partial charge in [-0.2, -0.15) is 0 Å². The van der Waals surface area contributed by atoms with Gasteiger partial charge in [0.1, 0.15) is 0 Å². The Morgan fingerprint density at radius 2 is 1.84 bits per heavy atom. The Labute approximate surface area is 115 Å². The molecule has 19 heavy (non-hydrogen) atoms. The van der Waals surface area contributed by atoms with Crippen LogP contribution in [0.4, 0.5) is 0 Å². The van der Waals surface area contributed by atoms with Crippen molar-refractivity contribution in [3.8, 4) is 0 Å². The Morgan fingerprint density at radius 1 is 1.05 bits per heavy atom. The molecule has 1 nitrogen and oxygen atoms in total. The van der Waals surface area contributed by atoms with Gasteiger partial charge >= 0.3 is 0 Å². The highest BCUT2D eigenvalue weighted by atomic mass is 14.7. The minimum atomic E-state index is 0.160. The second-order valence-electron chi connectivity index (χ2n) is 5.71. The van der Waals surface area contributed by atoms with Gasteiger partial charge in [-0.3, -0.25) is 0 Å². The molecule has 0 spiro atoms. The first kappa shape index (κ1) is 12.4. The third kappa shape index (κ3) is 2.57. The van der Waals surface area contributed by atoms with E-state index in [-0.39, 0.29) is 6.04 Å². The van der Waals surface area contributed by atoms with E-state index in [9.17, 15) is 0 Å². The fourth-order valence-corrected chi connectivity index (χ4v) is 3.18. The lowest BCUT2D eigenvalue weighted by Gasteiger charge is -2.29. The molecule has 0 heterocycles. The molecule has 0 radical (unpaired) electrons. The number of hydrogen-bond acceptors (Lipinski definition) is 1. The first-order valence-electron chi connectivity index (χ1n) is 7.13. The standard InChI is InChI=1S/C18H21N/c1-13-5-4-8-16(11-13)18(19)17-10-9-14-6-2-3-7-15(14)12-17/h2-8,11,17-18H,9-10,12,19H2,1H3. The molecule has 0 saturated heterocycles. The first-order valence-corrected chi connectivity index (χ1v) is 7.13.